The van der Waals surface area contributed by atoms with E-state index in [1.54, 1.807) is 12.2 Å². The average molecular weight is 351 g/mol. The fourth-order valence-electron chi connectivity index (χ4n) is 3.14. The van der Waals surface area contributed by atoms with Gasteiger partial charge in [0.25, 0.3) is 0 Å². The molecule has 0 spiro atoms. The minimum atomic E-state index is -0.477. The van der Waals surface area contributed by atoms with Gasteiger partial charge in [0.2, 0.25) is 0 Å². The van der Waals surface area contributed by atoms with Crippen LogP contribution in [0.1, 0.15) is 23.5 Å². The second-order valence-electron chi connectivity index (χ2n) is 5.96. The molecular formula is C21H21NO4. The van der Waals surface area contributed by atoms with Crippen LogP contribution >= 0.6 is 0 Å². The van der Waals surface area contributed by atoms with Gasteiger partial charge in [0.1, 0.15) is 6.61 Å². The molecule has 0 heterocycles. The normalized spacial score (nSPS) is 12.5. The van der Waals surface area contributed by atoms with Crippen molar-refractivity contribution >= 4 is 12.1 Å². The first-order valence-electron chi connectivity index (χ1n) is 8.51. The van der Waals surface area contributed by atoms with Crippen molar-refractivity contribution in [2.75, 3.05) is 20.3 Å². The number of benzene rings is 2. The molecule has 1 N–H and O–H groups in total. The van der Waals surface area contributed by atoms with Crippen molar-refractivity contribution in [3.63, 3.8) is 0 Å². The number of hydrogen-bond donors (Lipinski definition) is 1. The van der Waals surface area contributed by atoms with E-state index in [0.29, 0.717) is 6.54 Å². The predicted molar refractivity (Wildman–Crippen MR) is 98.8 cm³/mol. The minimum Gasteiger partial charge on any atom is -0.469 e. The summed E-state index contributed by atoms with van der Waals surface area (Å²) in [5.74, 6) is -0.273. The summed E-state index contributed by atoms with van der Waals surface area (Å²) in [6.07, 6.45) is 3.05. The summed E-state index contributed by atoms with van der Waals surface area (Å²) in [5, 5.41) is 2.65. The highest BCUT2D eigenvalue weighted by atomic mass is 16.5. The van der Waals surface area contributed by atoms with E-state index in [0.717, 1.165) is 0 Å². The average Bonchev–Trinajstić information content (AvgIpc) is 3.00. The number of rotatable bonds is 6. The maximum Gasteiger partial charge on any atom is 0.407 e. The van der Waals surface area contributed by atoms with Crippen LogP contribution < -0.4 is 5.32 Å². The van der Waals surface area contributed by atoms with Gasteiger partial charge in [-0.3, -0.25) is 4.79 Å². The molecule has 0 saturated heterocycles. The zero-order valence-corrected chi connectivity index (χ0v) is 14.6. The zero-order chi connectivity index (χ0) is 18.4. The molecule has 1 aliphatic rings. The quantitative estimate of drug-likeness (QED) is 0.637. The molecule has 0 aliphatic heterocycles. The Hall–Kier alpha value is -3.08. The second kappa shape index (κ2) is 8.34. The number of ether oxygens (including phenoxy) is 2. The van der Waals surface area contributed by atoms with Crippen LogP contribution in [0.4, 0.5) is 4.79 Å². The number of carbonyl (C=O) groups is 2. The lowest BCUT2D eigenvalue weighted by atomic mass is 9.98. The van der Waals surface area contributed by atoms with Crippen LogP contribution in [0.25, 0.3) is 11.1 Å². The lowest BCUT2D eigenvalue weighted by Crippen LogP contribution is -2.26. The first-order chi connectivity index (χ1) is 12.7. The van der Waals surface area contributed by atoms with Gasteiger partial charge in [-0.25, -0.2) is 4.79 Å². The smallest absolute Gasteiger partial charge is 0.407 e. The van der Waals surface area contributed by atoms with Crippen molar-refractivity contribution in [2.24, 2.45) is 0 Å². The molecule has 134 valence electrons. The highest BCUT2D eigenvalue weighted by molar-refractivity contribution is 5.79. The van der Waals surface area contributed by atoms with Gasteiger partial charge in [0, 0.05) is 12.5 Å². The molecule has 0 saturated carbocycles. The Bertz CT molecular complexity index is 783. The van der Waals surface area contributed by atoms with Crippen molar-refractivity contribution in [1.29, 1.82) is 0 Å². The van der Waals surface area contributed by atoms with Crippen molar-refractivity contribution < 1.29 is 19.1 Å². The van der Waals surface area contributed by atoms with Gasteiger partial charge in [-0.15, -0.1) is 0 Å². The maximum atomic E-state index is 11.9. The Balaban J connectivity index is 1.55. The first-order valence-corrected chi connectivity index (χ1v) is 8.51. The van der Waals surface area contributed by atoms with Crippen molar-refractivity contribution in [1.82, 2.24) is 5.32 Å². The van der Waals surface area contributed by atoms with Gasteiger partial charge < -0.3 is 14.8 Å². The highest BCUT2D eigenvalue weighted by Crippen LogP contribution is 2.44. The van der Waals surface area contributed by atoms with Crippen LogP contribution in [0.2, 0.25) is 0 Å². The molecule has 5 nitrogen and oxygen atoms in total. The van der Waals surface area contributed by atoms with Gasteiger partial charge in [-0.05, 0) is 22.3 Å². The van der Waals surface area contributed by atoms with E-state index in [9.17, 15) is 9.59 Å². The zero-order valence-electron chi connectivity index (χ0n) is 14.6. The van der Waals surface area contributed by atoms with E-state index in [-0.39, 0.29) is 24.9 Å². The number of nitrogens with one attached hydrogen (secondary N) is 1. The number of hydrogen-bond acceptors (Lipinski definition) is 4. The number of amides is 1. The molecule has 26 heavy (non-hydrogen) atoms. The fourth-order valence-corrected chi connectivity index (χ4v) is 3.14. The standard InChI is InChI=1S/C21H21NO4/c1-25-20(23)12-6-7-13-22-21(24)26-14-19-17-10-4-2-8-15(17)16-9-3-5-11-18(16)19/h2-11,19H,12-14H2,1H3,(H,22,24)/b7-6+. The molecule has 2 aromatic rings. The van der Waals surface area contributed by atoms with Gasteiger partial charge in [0.05, 0.1) is 13.5 Å². The summed E-state index contributed by atoms with van der Waals surface area (Å²) in [6, 6.07) is 16.4. The van der Waals surface area contributed by atoms with Crippen molar-refractivity contribution in [3.8, 4) is 11.1 Å². The second-order valence-corrected chi connectivity index (χ2v) is 5.96. The molecule has 0 fully saturated rings. The Morgan fingerprint density at radius 1 is 1.00 bits per heavy atom. The number of fused-ring (bicyclic) bond motifs is 3. The monoisotopic (exact) mass is 351 g/mol. The van der Waals surface area contributed by atoms with Crippen LogP contribution in [0.5, 0.6) is 0 Å². The number of alkyl carbamates (subject to hydrolysis) is 1. The van der Waals surface area contributed by atoms with E-state index in [2.05, 4.69) is 34.3 Å². The first kappa shape index (κ1) is 17.7. The Labute approximate surface area is 152 Å². The third-order valence-corrected chi connectivity index (χ3v) is 4.39. The van der Waals surface area contributed by atoms with E-state index in [1.807, 2.05) is 24.3 Å². The van der Waals surface area contributed by atoms with Crippen LogP contribution in [0, 0.1) is 0 Å². The van der Waals surface area contributed by atoms with Crippen LogP contribution in [-0.2, 0) is 14.3 Å². The Kier molecular flexibility index (Phi) is 5.69. The van der Waals surface area contributed by atoms with E-state index < -0.39 is 6.09 Å². The fraction of sp³-hybridized carbons (Fsp3) is 0.238. The molecule has 0 radical (unpaired) electrons. The molecule has 0 aromatic heterocycles. The van der Waals surface area contributed by atoms with E-state index in [1.165, 1.54) is 29.4 Å². The molecular weight excluding hydrogens is 330 g/mol. The predicted octanol–water partition coefficient (Wildman–Crippen LogP) is 3.64. The molecule has 1 amide bonds. The molecule has 0 atom stereocenters. The van der Waals surface area contributed by atoms with Gasteiger partial charge in [0.15, 0.2) is 0 Å². The minimum absolute atomic E-state index is 0.0445. The third kappa shape index (κ3) is 3.94. The molecule has 1 aliphatic carbocycles. The SMILES string of the molecule is COC(=O)C/C=C/CNC(=O)OCC1c2ccccc2-c2ccccc21. The summed E-state index contributed by atoms with van der Waals surface area (Å²) in [5.41, 5.74) is 4.75. The molecule has 0 bridgehead atoms. The number of methoxy groups -OCH3 is 1. The van der Waals surface area contributed by atoms with E-state index >= 15 is 0 Å². The summed E-state index contributed by atoms with van der Waals surface area (Å²) >= 11 is 0. The summed E-state index contributed by atoms with van der Waals surface area (Å²) in [4.78, 5) is 22.9. The third-order valence-electron chi connectivity index (χ3n) is 4.39. The molecule has 3 rings (SSSR count). The maximum absolute atomic E-state index is 11.9. The number of carbonyl (C=O) groups excluding carboxylic acids is 2. The van der Waals surface area contributed by atoms with Crippen LogP contribution in [0.15, 0.2) is 60.7 Å². The molecule has 2 aromatic carbocycles. The summed E-state index contributed by atoms with van der Waals surface area (Å²) in [7, 11) is 1.34. The molecule has 0 unspecified atom stereocenters. The topological polar surface area (TPSA) is 64.6 Å². The van der Waals surface area contributed by atoms with Crippen molar-refractivity contribution in [2.45, 2.75) is 12.3 Å². The lowest BCUT2D eigenvalue weighted by molar-refractivity contribution is -0.139. The largest absolute Gasteiger partial charge is 0.469 e. The number of esters is 1. The van der Waals surface area contributed by atoms with E-state index in [4.69, 9.17) is 4.74 Å². The lowest BCUT2D eigenvalue weighted by Gasteiger charge is -2.14. The summed E-state index contributed by atoms with van der Waals surface area (Å²) in [6.45, 7) is 0.583. The van der Waals surface area contributed by atoms with Gasteiger partial charge in [-0.2, -0.15) is 0 Å². The highest BCUT2D eigenvalue weighted by Gasteiger charge is 2.28. The Morgan fingerprint density at radius 3 is 2.23 bits per heavy atom. The van der Waals surface area contributed by atoms with Crippen LogP contribution in [-0.4, -0.2) is 32.3 Å². The summed E-state index contributed by atoms with van der Waals surface area (Å²) < 4.78 is 9.94. The van der Waals surface area contributed by atoms with Gasteiger partial charge in [-0.1, -0.05) is 60.7 Å². The van der Waals surface area contributed by atoms with Gasteiger partial charge >= 0.3 is 12.1 Å². The van der Waals surface area contributed by atoms with Crippen molar-refractivity contribution in [3.05, 3.63) is 71.8 Å². The molecule has 5 heteroatoms. The van der Waals surface area contributed by atoms with Crippen LogP contribution in [0.3, 0.4) is 0 Å². The Morgan fingerprint density at radius 2 is 1.62 bits per heavy atom.